The molecule has 0 unspecified atom stereocenters. The van der Waals surface area contributed by atoms with E-state index in [0.29, 0.717) is 13.0 Å². The fourth-order valence-corrected chi connectivity index (χ4v) is 5.03. The number of benzene rings is 1. The molecule has 0 amide bonds. The Morgan fingerprint density at radius 3 is 2.90 bits per heavy atom. The lowest BCUT2D eigenvalue weighted by Crippen LogP contribution is -2.39. The van der Waals surface area contributed by atoms with E-state index in [2.05, 4.69) is 4.98 Å². The maximum atomic E-state index is 13.0. The van der Waals surface area contributed by atoms with Crippen molar-refractivity contribution < 1.29 is 4.79 Å². The summed E-state index contributed by atoms with van der Waals surface area (Å²) in [5.74, 6) is -0.428. The summed E-state index contributed by atoms with van der Waals surface area (Å²) < 4.78 is 2.37. The predicted octanol–water partition coefficient (Wildman–Crippen LogP) is 2.16. The zero-order valence-corrected chi connectivity index (χ0v) is 17.0. The monoisotopic (exact) mass is 413 g/mol. The molecule has 1 aliphatic rings. The Hall–Kier alpha value is -2.78. The normalized spacial score (nSPS) is 17.2. The van der Waals surface area contributed by atoms with Crippen LogP contribution in [0.25, 0.3) is 10.2 Å². The fourth-order valence-electron chi connectivity index (χ4n) is 3.89. The Morgan fingerprint density at radius 2 is 2.14 bits per heavy atom. The number of nitrogens with one attached hydrogen (secondary N) is 1. The second kappa shape index (κ2) is 7.92. The molecule has 0 saturated carbocycles. The average Bonchev–Trinajstić information content (AvgIpc) is 3.31. The van der Waals surface area contributed by atoms with E-state index in [9.17, 15) is 14.4 Å². The van der Waals surface area contributed by atoms with Crippen molar-refractivity contribution in [1.29, 1.82) is 0 Å². The highest BCUT2D eigenvalue weighted by atomic mass is 32.1. The van der Waals surface area contributed by atoms with E-state index in [4.69, 9.17) is 10.7 Å². The number of thiazole rings is 1. The molecule has 152 valence electrons. The number of aromatic amines is 1. The third kappa shape index (κ3) is 3.63. The van der Waals surface area contributed by atoms with Gasteiger partial charge in [0.05, 0.1) is 22.8 Å². The number of nitrogens with zero attached hydrogens (tertiary/aromatic N) is 3. The van der Waals surface area contributed by atoms with E-state index in [1.54, 1.807) is 11.3 Å². The van der Waals surface area contributed by atoms with Crippen molar-refractivity contribution in [2.24, 2.45) is 0 Å². The van der Waals surface area contributed by atoms with Crippen molar-refractivity contribution in [3.05, 3.63) is 55.7 Å². The molecule has 29 heavy (non-hydrogen) atoms. The van der Waals surface area contributed by atoms with Crippen LogP contribution >= 0.6 is 11.3 Å². The maximum Gasteiger partial charge on any atom is 0.329 e. The number of carbonyl (C=O) groups is 1. The van der Waals surface area contributed by atoms with Crippen molar-refractivity contribution >= 4 is 33.2 Å². The van der Waals surface area contributed by atoms with Crippen molar-refractivity contribution in [1.82, 2.24) is 19.4 Å². The number of aromatic nitrogens is 3. The standard InChI is InChI=1S/C20H23N5O3S/c1-2-9-25-17(21)16(18(27)23-20(25)28)14(26)11-24-10-5-7-13(24)19-22-12-6-3-4-8-15(12)29-19/h3-4,6,8,13H,2,5,7,9-11,21H2,1H3,(H,23,27,28)/t13-/m0/s1. The number of H-pyrrole nitrogens is 1. The van der Waals surface area contributed by atoms with Gasteiger partial charge in [0.25, 0.3) is 5.56 Å². The summed E-state index contributed by atoms with van der Waals surface area (Å²) in [5.41, 5.74) is 5.56. The molecule has 0 radical (unpaired) electrons. The molecule has 4 rings (SSSR count). The number of carbonyl (C=O) groups excluding carboxylic acids is 1. The molecule has 1 atom stereocenters. The number of likely N-dealkylation sites (tertiary alicyclic amines) is 1. The van der Waals surface area contributed by atoms with Crippen LogP contribution in [0.15, 0.2) is 33.9 Å². The summed E-state index contributed by atoms with van der Waals surface area (Å²) in [6.07, 6.45) is 2.53. The van der Waals surface area contributed by atoms with Crippen molar-refractivity contribution in [3.63, 3.8) is 0 Å². The molecule has 1 fully saturated rings. The summed E-state index contributed by atoms with van der Waals surface area (Å²) in [5, 5.41) is 0.981. The third-order valence-electron chi connectivity index (χ3n) is 5.27. The zero-order valence-electron chi connectivity index (χ0n) is 16.2. The van der Waals surface area contributed by atoms with Gasteiger partial charge in [0.1, 0.15) is 16.4 Å². The molecule has 1 aromatic carbocycles. The molecule has 3 N–H and O–H groups in total. The second-order valence-electron chi connectivity index (χ2n) is 7.24. The number of Topliss-reactive ketones (excluding diaryl/α,β-unsaturated/α-hetero) is 1. The lowest BCUT2D eigenvalue weighted by molar-refractivity contribution is 0.0920. The van der Waals surface area contributed by atoms with Gasteiger partial charge in [-0.15, -0.1) is 11.3 Å². The van der Waals surface area contributed by atoms with Crippen LogP contribution in [0.3, 0.4) is 0 Å². The lowest BCUT2D eigenvalue weighted by Gasteiger charge is -2.22. The van der Waals surface area contributed by atoms with Crippen molar-refractivity contribution in [3.8, 4) is 0 Å². The molecule has 1 saturated heterocycles. The van der Waals surface area contributed by atoms with Crippen LogP contribution in [0.1, 0.15) is 47.6 Å². The van der Waals surface area contributed by atoms with Gasteiger partial charge in [-0.05, 0) is 37.9 Å². The number of rotatable bonds is 6. The van der Waals surface area contributed by atoms with Crippen molar-refractivity contribution in [2.45, 2.75) is 38.8 Å². The van der Waals surface area contributed by atoms with E-state index >= 15 is 0 Å². The van der Waals surface area contributed by atoms with E-state index in [0.717, 1.165) is 34.6 Å². The quantitative estimate of drug-likeness (QED) is 0.599. The molecule has 3 heterocycles. The fraction of sp³-hybridized carbons (Fsp3) is 0.400. The Labute approximate surface area is 171 Å². The number of nitrogen functional groups attached to an aromatic ring is 1. The SMILES string of the molecule is CCCn1c(N)c(C(=O)CN2CCC[C@H]2c2nc3ccccc3s2)c(=O)[nH]c1=O. The molecule has 9 heteroatoms. The topological polar surface area (TPSA) is 114 Å². The van der Waals surface area contributed by atoms with Crippen molar-refractivity contribution in [2.75, 3.05) is 18.8 Å². The highest BCUT2D eigenvalue weighted by molar-refractivity contribution is 7.18. The summed E-state index contributed by atoms with van der Waals surface area (Å²) >= 11 is 1.64. The smallest absolute Gasteiger partial charge is 0.329 e. The van der Waals surface area contributed by atoms with E-state index in [1.807, 2.05) is 36.1 Å². The van der Waals surface area contributed by atoms with E-state index in [-0.39, 0.29) is 29.8 Å². The predicted molar refractivity (Wildman–Crippen MR) is 114 cm³/mol. The molecule has 8 nitrogen and oxygen atoms in total. The second-order valence-corrected chi connectivity index (χ2v) is 8.30. The van der Waals surface area contributed by atoms with Gasteiger partial charge < -0.3 is 5.73 Å². The van der Waals surface area contributed by atoms with Gasteiger partial charge in [-0.3, -0.25) is 24.0 Å². The number of hydrogen-bond donors (Lipinski definition) is 2. The third-order valence-corrected chi connectivity index (χ3v) is 6.41. The molecule has 1 aliphatic heterocycles. The van der Waals surface area contributed by atoms with E-state index < -0.39 is 11.2 Å². The molecule has 3 aromatic rings. The maximum absolute atomic E-state index is 13.0. The number of hydrogen-bond acceptors (Lipinski definition) is 7. The molecule has 0 bridgehead atoms. The summed E-state index contributed by atoms with van der Waals surface area (Å²) in [7, 11) is 0. The first-order chi connectivity index (χ1) is 14.0. The van der Waals surface area contributed by atoms with Crippen LogP contribution in [-0.4, -0.2) is 38.3 Å². The molecule has 0 aliphatic carbocycles. The lowest BCUT2D eigenvalue weighted by atomic mass is 10.1. The molecular formula is C20H23N5O3S. The first kappa shape index (κ1) is 19.5. The molecule has 2 aromatic heterocycles. The Bertz CT molecular complexity index is 1150. The van der Waals surface area contributed by atoms with Gasteiger partial charge >= 0.3 is 5.69 Å². The molecular weight excluding hydrogens is 390 g/mol. The van der Waals surface area contributed by atoms with Gasteiger partial charge in [0, 0.05) is 6.54 Å². The van der Waals surface area contributed by atoms with Gasteiger partial charge in [-0.2, -0.15) is 0 Å². The van der Waals surface area contributed by atoms with Gasteiger partial charge in [-0.1, -0.05) is 19.1 Å². The number of nitrogens with two attached hydrogens (primary N) is 1. The van der Waals surface area contributed by atoms with Crippen LogP contribution in [0.2, 0.25) is 0 Å². The molecule has 0 spiro atoms. The number of para-hydroxylation sites is 1. The zero-order chi connectivity index (χ0) is 20.5. The first-order valence-electron chi connectivity index (χ1n) is 9.75. The summed E-state index contributed by atoms with van der Waals surface area (Å²) in [4.78, 5) is 46.3. The highest BCUT2D eigenvalue weighted by Crippen LogP contribution is 2.36. The minimum Gasteiger partial charge on any atom is -0.384 e. The number of ketones is 1. The van der Waals surface area contributed by atoms with Crippen LogP contribution in [-0.2, 0) is 6.54 Å². The van der Waals surface area contributed by atoms with Crippen LogP contribution < -0.4 is 17.0 Å². The van der Waals surface area contributed by atoms with Crippen LogP contribution in [0.4, 0.5) is 5.82 Å². The first-order valence-corrected chi connectivity index (χ1v) is 10.6. The average molecular weight is 414 g/mol. The largest absolute Gasteiger partial charge is 0.384 e. The number of anilines is 1. The van der Waals surface area contributed by atoms with Crippen LogP contribution in [0.5, 0.6) is 0 Å². The van der Waals surface area contributed by atoms with Gasteiger partial charge in [0.15, 0.2) is 5.78 Å². The Morgan fingerprint density at radius 1 is 1.34 bits per heavy atom. The van der Waals surface area contributed by atoms with E-state index in [1.165, 1.54) is 4.57 Å². The summed E-state index contributed by atoms with van der Waals surface area (Å²) in [6, 6.07) is 8.01. The Kier molecular flexibility index (Phi) is 5.33. The summed E-state index contributed by atoms with van der Waals surface area (Å²) in [6.45, 7) is 3.06. The highest BCUT2D eigenvalue weighted by Gasteiger charge is 2.31. The van der Waals surface area contributed by atoms with Gasteiger partial charge in [-0.25, -0.2) is 9.78 Å². The van der Waals surface area contributed by atoms with Gasteiger partial charge in [0.2, 0.25) is 0 Å². The van der Waals surface area contributed by atoms with Crippen LogP contribution in [0, 0.1) is 0 Å². The minimum atomic E-state index is -0.722. The number of fused-ring (bicyclic) bond motifs is 1. The minimum absolute atomic E-state index is 0.0400. The Balaban J connectivity index is 1.62.